The molecule has 0 radical (unpaired) electrons. The second-order valence-electron chi connectivity index (χ2n) is 7.08. The average molecular weight is 375 g/mol. The van der Waals surface area contributed by atoms with Crippen LogP contribution in [-0.2, 0) is 17.9 Å². The minimum atomic E-state index is -0.133. The molecule has 1 saturated carbocycles. The first kappa shape index (κ1) is 17.5. The summed E-state index contributed by atoms with van der Waals surface area (Å²) in [6, 6.07) is 7.85. The fraction of sp³-hybridized carbons (Fsp3) is 0.526. The minimum Gasteiger partial charge on any atom is -0.365 e. The summed E-state index contributed by atoms with van der Waals surface area (Å²) in [5, 5.41) is 12.1. The third-order valence-corrected chi connectivity index (χ3v) is 5.50. The molecule has 2 aromatic rings. The predicted molar refractivity (Wildman–Crippen MR) is 98.0 cm³/mol. The number of carbonyl (C=O) groups excluding carboxylic acids is 1. The summed E-state index contributed by atoms with van der Waals surface area (Å²) in [7, 11) is 0. The number of fused-ring (bicyclic) bond motifs is 1. The highest BCUT2D eigenvalue weighted by molar-refractivity contribution is 6.30. The summed E-state index contributed by atoms with van der Waals surface area (Å²) < 4.78 is 7.75. The maximum atomic E-state index is 12.7. The van der Waals surface area contributed by atoms with Crippen LogP contribution in [0.3, 0.4) is 0 Å². The van der Waals surface area contributed by atoms with Crippen LogP contribution in [0.25, 0.3) is 0 Å². The number of ether oxygens (including phenoxy) is 1. The van der Waals surface area contributed by atoms with Gasteiger partial charge < -0.3 is 10.1 Å². The molecule has 26 heavy (non-hydrogen) atoms. The van der Waals surface area contributed by atoms with E-state index in [0.29, 0.717) is 23.9 Å². The molecule has 138 valence electrons. The molecule has 2 heterocycles. The second kappa shape index (κ2) is 7.76. The van der Waals surface area contributed by atoms with Crippen molar-refractivity contribution in [1.82, 2.24) is 20.3 Å². The number of hydrogen-bond acceptors (Lipinski definition) is 4. The molecule has 2 aliphatic rings. The normalized spacial score (nSPS) is 21.0. The summed E-state index contributed by atoms with van der Waals surface area (Å²) in [6.45, 7) is 0.869. The van der Waals surface area contributed by atoms with Crippen molar-refractivity contribution in [3.63, 3.8) is 0 Å². The van der Waals surface area contributed by atoms with Crippen molar-refractivity contribution in [2.45, 2.75) is 63.8 Å². The number of halogens is 1. The van der Waals surface area contributed by atoms with Crippen LogP contribution < -0.4 is 5.32 Å². The zero-order valence-corrected chi connectivity index (χ0v) is 15.4. The number of aromatic nitrogens is 3. The SMILES string of the molecule is O=C(NC1CCCCCC1)c1nnn2c1CO[C@H](c1ccc(Cl)cc1)C2. The Morgan fingerprint density at radius 3 is 2.62 bits per heavy atom. The number of benzene rings is 1. The fourth-order valence-corrected chi connectivity index (χ4v) is 3.87. The Morgan fingerprint density at radius 1 is 1.15 bits per heavy atom. The van der Waals surface area contributed by atoms with Gasteiger partial charge in [0.15, 0.2) is 5.69 Å². The Kier molecular flexibility index (Phi) is 5.22. The third-order valence-electron chi connectivity index (χ3n) is 5.24. The lowest BCUT2D eigenvalue weighted by atomic mass is 10.1. The molecule has 4 rings (SSSR count). The van der Waals surface area contributed by atoms with Crippen LogP contribution >= 0.6 is 11.6 Å². The summed E-state index contributed by atoms with van der Waals surface area (Å²) in [4.78, 5) is 12.7. The van der Waals surface area contributed by atoms with Crippen molar-refractivity contribution in [1.29, 1.82) is 0 Å². The molecule has 1 fully saturated rings. The van der Waals surface area contributed by atoms with E-state index in [0.717, 1.165) is 24.1 Å². The van der Waals surface area contributed by atoms with Crippen molar-refractivity contribution >= 4 is 17.5 Å². The van der Waals surface area contributed by atoms with E-state index in [9.17, 15) is 4.79 Å². The Hall–Kier alpha value is -1.92. The number of hydrogen-bond donors (Lipinski definition) is 1. The van der Waals surface area contributed by atoms with Crippen LogP contribution in [-0.4, -0.2) is 26.9 Å². The zero-order chi connectivity index (χ0) is 17.9. The Morgan fingerprint density at radius 2 is 1.88 bits per heavy atom. The molecule has 1 aliphatic heterocycles. The van der Waals surface area contributed by atoms with Crippen molar-refractivity contribution in [2.75, 3.05) is 0 Å². The molecule has 1 atom stereocenters. The highest BCUT2D eigenvalue weighted by atomic mass is 35.5. The van der Waals surface area contributed by atoms with Gasteiger partial charge in [0, 0.05) is 11.1 Å². The molecule has 7 heteroatoms. The molecule has 1 aliphatic carbocycles. The Bertz CT molecular complexity index is 766. The van der Waals surface area contributed by atoms with E-state index in [1.807, 2.05) is 24.3 Å². The monoisotopic (exact) mass is 374 g/mol. The van der Waals surface area contributed by atoms with E-state index < -0.39 is 0 Å². The summed E-state index contributed by atoms with van der Waals surface area (Å²) in [5.41, 5.74) is 2.19. The van der Waals surface area contributed by atoms with Crippen LogP contribution in [0.15, 0.2) is 24.3 Å². The largest absolute Gasteiger partial charge is 0.365 e. The van der Waals surface area contributed by atoms with E-state index in [-0.39, 0.29) is 18.1 Å². The lowest BCUT2D eigenvalue weighted by Gasteiger charge is -2.24. The van der Waals surface area contributed by atoms with E-state index in [4.69, 9.17) is 16.3 Å². The summed E-state index contributed by atoms with van der Waals surface area (Å²) >= 11 is 5.95. The molecule has 1 aromatic heterocycles. The van der Waals surface area contributed by atoms with Gasteiger partial charge in [-0.1, -0.05) is 54.6 Å². The first-order chi connectivity index (χ1) is 12.7. The topological polar surface area (TPSA) is 69.0 Å². The lowest BCUT2D eigenvalue weighted by Crippen LogP contribution is -2.35. The van der Waals surface area contributed by atoms with Gasteiger partial charge >= 0.3 is 0 Å². The molecular formula is C19H23ClN4O2. The first-order valence-corrected chi connectivity index (χ1v) is 9.69. The van der Waals surface area contributed by atoms with Gasteiger partial charge in [0.2, 0.25) is 0 Å². The molecule has 0 unspecified atom stereocenters. The van der Waals surface area contributed by atoms with Crippen molar-refractivity contribution in [3.8, 4) is 0 Å². The second-order valence-corrected chi connectivity index (χ2v) is 7.52. The van der Waals surface area contributed by atoms with E-state index in [2.05, 4.69) is 15.6 Å². The molecule has 0 saturated heterocycles. The minimum absolute atomic E-state index is 0.112. The predicted octanol–water partition coefficient (Wildman–Crippen LogP) is 3.66. The lowest BCUT2D eigenvalue weighted by molar-refractivity contribution is -0.00178. The number of rotatable bonds is 3. The van der Waals surface area contributed by atoms with Crippen molar-refractivity contribution < 1.29 is 9.53 Å². The quantitative estimate of drug-likeness (QED) is 0.832. The highest BCUT2D eigenvalue weighted by Crippen LogP contribution is 2.28. The molecule has 1 N–H and O–H groups in total. The van der Waals surface area contributed by atoms with Crippen LogP contribution in [0.2, 0.25) is 5.02 Å². The van der Waals surface area contributed by atoms with Crippen LogP contribution in [0.5, 0.6) is 0 Å². The fourth-order valence-electron chi connectivity index (χ4n) is 3.74. The van der Waals surface area contributed by atoms with Crippen LogP contribution in [0.1, 0.15) is 66.4 Å². The van der Waals surface area contributed by atoms with Gasteiger partial charge in [0.05, 0.1) is 18.8 Å². The van der Waals surface area contributed by atoms with Crippen molar-refractivity contribution in [3.05, 3.63) is 46.2 Å². The van der Waals surface area contributed by atoms with Gasteiger partial charge in [-0.2, -0.15) is 0 Å². The Labute approximate surface area is 157 Å². The van der Waals surface area contributed by atoms with Gasteiger partial charge in [0.1, 0.15) is 6.10 Å². The number of nitrogens with one attached hydrogen (secondary N) is 1. The maximum Gasteiger partial charge on any atom is 0.274 e. The van der Waals surface area contributed by atoms with E-state index >= 15 is 0 Å². The molecular weight excluding hydrogens is 352 g/mol. The van der Waals surface area contributed by atoms with Crippen LogP contribution in [0.4, 0.5) is 0 Å². The molecule has 1 amide bonds. The van der Waals surface area contributed by atoms with E-state index in [1.54, 1.807) is 4.68 Å². The smallest absolute Gasteiger partial charge is 0.274 e. The molecule has 6 nitrogen and oxygen atoms in total. The first-order valence-electron chi connectivity index (χ1n) is 9.31. The van der Waals surface area contributed by atoms with E-state index in [1.165, 1.54) is 25.7 Å². The van der Waals surface area contributed by atoms with Gasteiger partial charge in [-0.25, -0.2) is 4.68 Å². The van der Waals surface area contributed by atoms with Gasteiger partial charge in [-0.05, 0) is 30.5 Å². The number of nitrogens with zero attached hydrogens (tertiary/aromatic N) is 3. The molecule has 0 spiro atoms. The van der Waals surface area contributed by atoms with Gasteiger partial charge in [0.25, 0.3) is 5.91 Å². The summed E-state index contributed by atoms with van der Waals surface area (Å²) in [5.74, 6) is -0.133. The van der Waals surface area contributed by atoms with Gasteiger partial charge in [-0.3, -0.25) is 4.79 Å². The summed E-state index contributed by atoms with van der Waals surface area (Å²) in [6.07, 6.45) is 6.85. The standard InChI is InChI=1S/C19H23ClN4O2/c20-14-9-7-13(8-10-14)17-11-24-16(12-26-17)18(22-23-24)19(25)21-15-5-3-1-2-4-6-15/h7-10,15,17H,1-6,11-12H2,(H,21,25)/t17-/m0/s1. The Balaban J connectivity index is 1.45. The third kappa shape index (κ3) is 3.76. The maximum absolute atomic E-state index is 12.7. The number of carbonyl (C=O) groups is 1. The number of amides is 1. The molecule has 0 bridgehead atoms. The van der Waals surface area contributed by atoms with Crippen LogP contribution in [0, 0.1) is 0 Å². The average Bonchev–Trinajstić information content (AvgIpc) is 2.91. The molecule has 1 aromatic carbocycles. The zero-order valence-electron chi connectivity index (χ0n) is 14.7. The van der Waals surface area contributed by atoms with Gasteiger partial charge in [-0.15, -0.1) is 5.10 Å². The van der Waals surface area contributed by atoms with Crippen molar-refractivity contribution in [2.24, 2.45) is 0 Å². The highest BCUT2D eigenvalue weighted by Gasteiger charge is 2.28.